The standard InChI is InChI=1S/C13H16O2Si.C9H6O2/c1-15-13(14)12-7-5-6-11(10-12)8-9-16(2,3)4;1-2-7-4-3-5-8(6-7)9(10)11/h5-7,10H,1-4H3;1,3-6H,(H,10,11). The molecule has 0 aliphatic rings. The predicted molar refractivity (Wildman–Crippen MR) is 109 cm³/mol. The lowest BCUT2D eigenvalue weighted by atomic mass is 10.1. The van der Waals surface area contributed by atoms with Crippen molar-refractivity contribution in [2.45, 2.75) is 19.6 Å². The minimum Gasteiger partial charge on any atom is -0.478 e. The molecule has 2 aromatic carbocycles. The van der Waals surface area contributed by atoms with Crippen molar-refractivity contribution in [3.63, 3.8) is 0 Å². The molecule has 5 heteroatoms. The lowest BCUT2D eigenvalue weighted by molar-refractivity contribution is 0.0599. The fraction of sp³-hybridized carbons (Fsp3) is 0.182. The van der Waals surface area contributed by atoms with Crippen LogP contribution in [-0.2, 0) is 4.74 Å². The fourth-order valence-corrected chi connectivity index (χ4v) is 2.36. The first-order valence-electron chi connectivity index (χ1n) is 8.18. The molecule has 1 N–H and O–H groups in total. The van der Waals surface area contributed by atoms with Gasteiger partial charge in [-0.2, -0.15) is 0 Å². The summed E-state index contributed by atoms with van der Waals surface area (Å²) in [7, 11) is 0.00756. The Balaban J connectivity index is 0.000000289. The van der Waals surface area contributed by atoms with E-state index >= 15 is 0 Å². The molecule has 2 rings (SSSR count). The topological polar surface area (TPSA) is 63.6 Å². The number of esters is 1. The van der Waals surface area contributed by atoms with E-state index in [9.17, 15) is 9.59 Å². The highest BCUT2D eigenvalue weighted by Gasteiger charge is 2.08. The highest BCUT2D eigenvalue weighted by molar-refractivity contribution is 6.83. The zero-order valence-corrected chi connectivity index (χ0v) is 16.9. The maximum atomic E-state index is 11.3. The third-order valence-electron chi connectivity index (χ3n) is 3.14. The quantitative estimate of drug-likeness (QED) is 0.486. The normalized spacial score (nSPS) is 9.59. The number of aromatic carboxylic acids is 1. The first kappa shape index (κ1) is 21.8. The number of methoxy groups -OCH3 is 1. The maximum absolute atomic E-state index is 11.3. The van der Waals surface area contributed by atoms with Gasteiger partial charge >= 0.3 is 11.9 Å². The van der Waals surface area contributed by atoms with Gasteiger partial charge in [0.05, 0.1) is 18.2 Å². The SMILES string of the molecule is C#Cc1cccc(C(=O)O)c1.COC(=O)c1cccc(C#C[Si](C)(C)C)c1. The van der Waals surface area contributed by atoms with E-state index in [4.69, 9.17) is 11.5 Å². The molecule has 0 aliphatic carbocycles. The number of ether oxygens (including phenoxy) is 1. The molecule has 27 heavy (non-hydrogen) atoms. The Morgan fingerprint density at radius 1 is 1.00 bits per heavy atom. The molecule has 0 spiro atoms. The van der Waals surface area contributed by atoms with Crippen LogP contribution in [0.1, 0.15) is 31.8 Å². The summed E-state index contributed by atoms with van der Waals surface area (Å²) in [6.45, 7) is 6.55. The molecular formula is C22H22O4Si. The molecule has 0 saturated carbocycles. The molecule has 0 amide bonds. The average molecular weight is 379 g/mol. The van der Waals surface area contributed by atoms with Crippen molar-refractivity contribution < 1.29 is 19.4 Å². The van der Waals surface area contributed by atoms with Gasteiger partial charge in [0.1, 0.15) is 8.07 Å². The van der Waals surface area contributed by atoms with Crippen LogP contribution in [0.3, 0.4) is 0 Å². The Labute approximate surface area is 161 Å². The zero-order chi connectivity index (χ0) is 20.4. The number of carboxylic acids is 1. The highest BCUT2D eigenvalue weighted by Crippen LogP contribution is 2.06. The van der Waals surface area contributed by atoms with Crippen LogP contribution in [0.2, 0.25) is 19.6 Å². The van der Waals surface area contributed by atoms with E-state index in [1.165, 1.54) is 19.2 Å². The molecule has 0 saturated heterocycles. The van der Waals surface area contributed by atoms with Crippen LogP contribution in [0.4, 0.5) is 0 Å². The van der Waals surface area contributed by atoms with Crippen LogP contribution >= 0.6 is 0 Å². The molecule has 0 atom stereocenters. The van der Waals surface area contributed by atoms with Gasteiger partial charge in [0.2, 0.25) is 0 Å². The van der Waals surface area contributed by atoms with Gasteiger partial charge in [0.15, 0.2) is 0 Å². The number of hydrogen-bond donors (Lipinski definition) is 1. The van der Waals surface area contributed by atoms with Gasteiger partial charge in [-0.25, -0.2) is 9.59 Å². The molecule has 0 heterocycles. The second-order valence-electron chi connectivity index (χ2n) is 6.60. The van der Waals surface area contributed by atoms with Gasteiger partial charge in [0.25, 0.3) is 0 Å². The van der Waals surface area contributed by atoms with Crippen molar-refractivity contribution in [3.8, 4) is 23.8 Å². The van der Waals surface area contributed by atoms with Crippen LogP contribution in [0.15, 0.2) is 48.5 Å². The summed E-state index contributed by atoms with van der Waals surface area (Å²) in [6.07, 6.45) is 5.08. The summed E-state index contributed by atoms with van der Waals surface area (Å²) in [5.41, 5.74) is 5.48. The predicted octanol–water partition coefficient (Wildman–Crippen LogP) is 4.07. The lowest BCUT2D eigenvalue weighted by Crippen LogP contribution is -2.16. The molecule has 4 nitrogen and oxygen atoms in total. The molecule has 0 radical (unpaired) electrons. The number of carbonyl (C=O) groups excluding carboxylic acids is 1. The van der Waals surface area contributed by atoms with Crippen molar-refractivity contribution in [1.29, 1.82) is 0 Å². The van der Waals surface area contributed by atoms with E-state index in [2.05, 4.69) is 41.8 Å². The molecule has 0 bridgehead atoms. The number of carbonyl (C=O) groups is 2. The van der Waals surface area contributed by atoms with Crippen LogP contribution in [0.5, 0.6) is 0 Å². The minimum absolute atomic E-state index is 0.223. The summed E-state index contributed by atoms with van der Waals surface area (Å²) < 4.78 is 4.66. The van der Waals surface area contributed by atoms with Crippen molar-refractivity contribution in [3.05, 3.63) is 70.8 Å². The molecule has 2 aromatic rings. The number of rotatable bonds is 2. The number of benzene rings is 2. The Bertz CT molecular complexity index is 922. The molecule has 0 aromatic heterocycles. The number of hydrogen-bond acceptors (Lipinski definition) is 3. The lowest BCUT2D eigenvalue weighted by Gasteiger charge is -2.03. The van der Waals surface area contributed by atoms with E-state index in [1.807, 2.05) is 12.1 Å². The second-order valence-corrected chi connectivity index (χ2v) is 11.4. The maximum Gasteiger partial charge on any atom is 0.337 e. The minimum atomic E-state index is -1.37. The van der Waals surface area contributed by atoms with Gasteiger partial charge < -0.3 is 9.84 Å². The molecular weight excluding hydrogens is 356 g/mol. The van der Waals surface area contributed by atoms with Crippen molar-refractivity contribution in [2.75, 3.05) is 7.11 Å². The number of carboxylic acid groups (broad SMARTS) is 1. The van der Waals surface area contributed by atoms with Crippen LogP contribution < -0.4 is 0 Å². The summed E-state index contributed by atoms with van der Waals surface area (Å²) in [4.78, 5) is 21.7. The smallest absolute Gasteiger partial charge is 0.337 e. The molecule has 0 aliphatic heterocycles. The fourth-order valence-electron chi connectivity index (χ4n) is 1.84. The average Bonchev–Trinajstić information content (AvgIpc) is 2.66. The van der Waals surface area contributed by atoms with Crippen LogP contribution in [0, 0.1) is 23.8 Å². The molecule has 0 fully saturated rings. The van der Waals surface area contributed by atoms with E-state index in [-0.39, 0.29) is 11.5 Å². The first-order valence-corrected chi connectivity index (χ1v) is 11.7. The Hall–Kier alpha value is -3.28. The third-order valence-corrected chi connectivity index (χ3v) is 4.02. The van der Waals surface area contributed by atoms with Gasteiger partial charge in [-0.05, 0) is 36.4 Å². The van der Waals surface area contributed by atoms with E-state index in [1.54, 1.807) is 24.3 Å². The third kappa shape index (κ3) is 8.09. The van der Waals surface area contributed by atoms with Gasteiger partial charge in [0, 0.05) is 11.1 Å². The van der Waals surface area contributed by atoms with Crippen molar-refractivity contribution in [2.24, 2.45) is 0 Å². The summed E-state index contributed by atoms with van der Waals surface area (Å²) in [5, 5.41) is 8.54. The number of terminal acetylenes is 1. The van der Waals surface area contributed by atoms with Crippen LogP contribution in [0.25, 0.3) is 0 Å². The Morgan fingerprint density at radius 3 is 2.07 bits per heavy atom. The van der Waals surface area contributed by atoms with E-state index in [0.29, 0.717) is 11.1 Å². The summed E-state index contributed by atoms with van der Waals surface area (Å²) in [5.74, 6) is 4.19. The van der Waals surface area contributed by atoms with Crippen LogP contribution in [-0.4, -0.2) is 32.2 Å². The Morgan fingerprint density at radius 2 is 1.56 bits per heavy atom. The highest BCUT2D eigenvalue weighted by atomic mass is 28.3. The Kier molecular flexibility index (Phi) is 8.07. The van der Waals surface area contributed by atoms with Gasteiger partial charge in [-0.3, -0.25) is 0 Å². The largest absolute Gasteiger partial charge is 0.478 e. The van der Waals surface area contributed by atoms with Crippen molar-refractivity contribution >= 4 is 20.0 Å². The van der Waals surface area contributed by atoms with Gasteiger partial charge in [-0.1, -0.05) is 43.6 Å². The zero-order valence-electron chi connectivity index (χ0n) is 15.9. The second kappa shape index (κ2) is 10.0. The monoisotopic (exact) mass is 378 g/mol. The van der Waals surface area contributed by atoms with Crippen molar-refractivity contribution in [1.82, 2.24) is 0 Å². The summed E-state index contributed by atoms with van der Waals surface area (Å²) in [6, 6.07) is 13.5. The van der Waals surface area contributed by atoms with E-state index in [0.717, 1.165) is 5.56 Å². The van der Waals surface area contributed by atoms with E-state index < -0.39 is 14.0 Å². The molecule has 138 valence electrons. The van der Waals surface area contributed by atoms with Gasteiger partial charge in [-0.15, -0.1) is 12.0 Å². The molecule has 0 unspecified atom stereocenters. The first-order chi connectivity index (χ1) is 12.7. The summed E-state index contributed by atoms with van der Waals surface area (Å²) >= 11 is 0.